The second-order valence-electron chi connectivity index (χ2n) is 5.78. The third kappa shape index (κ3) is 7.01. The fraction of sp³-hybridized carbons (Fsp3) is 1.00. The fourth-order valence-corrected chi connectivity index (χ4v) is 4.53. The molecule has 0 aliphatic heterocycles. The van der Waals surface area contributed by atoms with Crippen molar-refractivity contribution >= 4 is 11.8 Å². The Kier molecular flexibility index (Phi) is 10.0. The highest BCUT2D eigenvalue weighted by Gasteiger charge is 2.29. The van der Waals surface area contributed by atoms with Crippen LogP contribution in [0.5, 0.6) is 0 Å². The Bertz CT molecular complexity index is 213. The van der Waals surface area contributed by atoms with Crippen molar-refractivity contribution in [3.05, 3.63) is 0 Å². The molecule has 2 nitrogen and oxygen atoms in total. The van der Waals surface area contributed by atoms with Crippen molar-refractivity contribution in [3.63, 3.8) is 0 Å². The minimum Gasteiger partial charge on any atom is -0.385 e. The topological polar surface area (TPSA) is 21.3 Å². The van der Waals surface area contributed by atoms with Gasteiger partial charge in [-0.2, -0.15) is 11.8 Å². The molecule has 0 aromatic rings. The Morgan fingerprint density at radius 2 is 2.05 bits per heavy atom. The molecule has 1 fully saturated rings. The SMILES string of the molecule is CCCNC1CCC(CCC)CC1SCCCOC. The lowest BCUT2D eigenvalue weighted by molar-refractivity contribution is 0.200. The standard InChI is InChI=1S/C16H33NOS/c1-4-7-14-8-9-15(17-10-5-2)16(13-14)19-12-6-11-18-3/h14-17H,4-13H2,1-3H3. The van der Waals surface area contributed by atoms with Gasteiger partial charge < -0.3 is 10.1 Å². The van der Waals surface area contributed by atoms with Crippen LogP contribution in [0.15, 0.2) is 0 Å². The zero-order valence-electron chi connectivity index (χ0n) is 13.1. The molecule has 0 bridgehead atoms. The zero-order valence-corrected chi connectivity index (χ0v) is 13.9. The monoisotopic (exact) mass is 287 g/mol. The number of ether oxygens (including phenoxy) is 1. The van der Waals surface area contributed by atoms with E-state index in [2.05, 4.69) is 30.9 Å². The van der Waals surface area contributed by atoms with Crippen LogP contribution in [0, 0.1) is 5.92 Å². The Morgan fingerprint density at radius 3 is 2.74 bits per heavy atom. The highest BCUT2D eigenvalue weighted by molar-refractivity contribution is 7.99. The molecule has 1 rings (SSSR count). The average molecular weight is 288 g/mol. The molecule has 19 heavy (non-hydrogen) atoms. The molecule has 1 aliphatic carbocycles. The maximum Gasteiger partial charge on any atom is 0.0470 e. The Balaban J connectivity index is 2.35. The first-order chi connectivity index (χ1) is 9.31. The van der Waals surface area contributed by atoms with Crippen molar-refractivity contribution < 1.29 is 4.74 Å². The highest BCUT2D eigenvalue weighted by atomic mass is 32.2. The molecule has 0 amide bonds. The average Bonchev–Trinajstić information content (AvgIpc) is 2.43. The van der Waals surface area contributed by atoms with Crippen LogP contribution in [0.4, 0.5) is 0 Å². The number of methoxy groups -OCH3 is 1. The molecular formula is C16H33NOS. The summed E-state index contributed by atoms with van der Waals surface area (Å²) in [5.41, 5.74) is 0. The number of nitrogens with one attached hydrogen (secondary N) is 1. The molecule has 0 saturated heterocycles. The van der Waals surface area contributed by atoms with Crippen LogP contribution in [0.25, 0.3) is 0 Å². The first-order valence-electron chi connectivity index (χ1n) is 8.15. The molecule has 0 aromatic carbocycles. The highest BCUT2D eigenvalue weighted by Crippen LogP contribution is 2.35. The Hall–Kier alpha value is 0.270. The van der Waals surface area contributed by atoms with E-state index in [9.17, 15) is 0 Å². The predicted octanol–water partition coefficient (Wildman–Crippen LogP) is 4.09. The first-order valence-corrected chi connectivity index (χ1v) is 9.20. The smallest absolute Gasteiger partial charge is 0.0470 e. The van der Waals surface area contributed by atoms with Gasteiger partial charge >= 0.3 is 0 Å². The predicted molar refractivity (Wildman–Crippen MR) is 87.1 cm³/mol. The molecule has 1 N–H and O–H groups in total. The summed E-state index contributed by atoms with van der Waals surface area (Å²) >= 11 is 2.18. The van der Waals surface area contributed by atoms with Crippen molar-refractivity contribution in [1.29, 1.82) is 0 Å². The fourth-order valence-electron chi connectivity index (χ4n) is 3.07. The lowest BCUT2D eigenvalue weighted by Gasteiger charge is -2.36. The van der Waals surface area contributed by atoms with Gasteiger partial charge in [0.1, 0.15) is 0 Å². The van der Waals surface area contributed by atoms with Crippen molar-refractivity contribution in [3.8, 4) is 0 Å². The Labute approximate surface area is 124 Å². The maximum atomic E-state index is 5.15. The van der Waals surface area contributed by atoms with Crippen molar-refractivity contribution in [2.45, 2.75) is 70.1 Å². The maximum absolute atomic E-state index is 5.15. The summed E-state index contributed by atoms with van der Waals surface area (Å²) in [6, 6.07) is 0.751. The van der Waals surface area contributed by atoms with E-state index in [-0.39, 0.29) is 0 Å². The second kappa shape index (κ2) is 11.0. The molecule has 3 unspecified atom stereocenters. The lowest BCUT2D eigenvalue weighted by Crippen LogP contribution is -2.43. The molecule has 1 aliphatic rings. The largest absolute Gasteiger partial charge is 0.385 e. The van der Waals surface area contributed by atoms with Gasteiger partial charge in [0.05, 0.1) is 0 Å². The van der Waals surface area contributed by atoms with Gasteiger partial charge in [0.2, 0.25) is 0 Å². The normalized spacial score (nSPS) is 27.6. The Morgan fingerprint density at radius 1 is 1.21 bits per heavy atom. The minimum atomic E-state index is 0.751. The van der Waals surface area contributed by atoms with Gasteiger partial charge in [-0.15, -0.1) is 0 Å². The van der Waals surface area contributed by atoms with Crippen LogP contribution in [0.3, 0.4) is 0 Å². The number of thioether (sulfide) groups is 1. The van der Waals surface area contributed by atoms with E-state index in [0.29, 0.717) is 0 Å². The molecule has 1 saturated carbocycles. The summed E-state index contributed by atoms with van der Waals surface area (Å²) in [6.07, 6.45) is 9.45. The van der Waals surface area contributed by atoms with Gasteiger partial charge in [0.25, 0.3) is 0 Å². The summed E-state index contributed by atoms with van der Waals surface area (Å²) in [6.45, 7) is 6.67. The van der Waals surface area contributed by atoms with Crippen LogP contribution in [-0.2, 0) is 4.74 Å². The van der Waals surface area contributed by atoms with E-state index >= 15 is 0 Å². The van der Waals surface area contributed by atoms with E-state index in [4.69, 9.17) is 4.74 Å². The summed E-state index contributed by atoms with van der Waals surface area (Å²) in [5.74, 6) is 2.23. The third-order valence-electron chi connectivity index (χ3n) is 4.08. The summed E-state index contributed by atoms with van der Waals surface area (Å²) in [4.78, 5) is 0. The van der Waals surface area contributed by atoms with Gasteiger partial charge in [0, 0.05) is 25.0 Å². The van der Waals surface area contributed by atoms with Gasteiger partial charge in [-0.1, -0.05) is 26.7 Å². The van der Waals surface area contributed by atoms with Gasteiger partial charge in [0.15, 0.2) is 0 Å². The van der Waals surface area contributed by atoms with Gasteiger partial charge in [-0.05, 0) is 50.3 Å². The summed E-state index contributed by atoms with van der Waals surface area (Å²) < 4.78 is 5.15. The summed E-state index contributed by atoms with van der Waals surface area (Å²) in [5, 5.41) is 4.60. The summed E-state index contributed by atoms with van der Waals surface area (Å²) in [7, 11) is 1.80. The number of hydrogen-bond acceptors (Lipinski definition) is 3. The van der Waals surface area contributed by atoms with Crippen LogP contribution in [0.2, 0.25) is 0 Å². The molecule has 0 aromatic heterocycles. The van der Waals surface area contributed by atoms with Crippen LogP contribution in [0.1, 0.15) is 58.8 Å². The van der Waals surface area contributed by atoms with Crippen LogP contribution in [-0.4, -0.2) is 37.3 Å². The van der Waals surface area contributed by atoms with Crippen LogP contribution < -0.4 is 5.32 Å². The van der Waals surface area contributed by atoms with E-state index < -0.39 is 0 Å². The van der Waals surface area contributed by atoms with E-state index in [1.54, 1.807) is 7.11 Å². The van der Waals surface area contributed by atoms with E-state index in [1.165, 1.54) is 57.2 Å². The van der Waals surface area contributed by atoms with Gasteiger partial charge in [-0.3, -0.25) is 0 Å². The molecule has 114 valence electrons. The van der Waals surface area contributed by atoms with Gasteiger partial charge in [-0.25, -0.2) is 0 Å². The molecular weight excluding hydrogens is 254 g/mol. The zero-order chi connectivity index (χ0) is 13.9. The quantitative estimate of drug-likeness (QED) is 0.611. The van der Waals surface area contributed by atoms with Crippen molar-refractivity contribution in [1.82, 2.24) is 5.32 Å². The van der Waals surface area contributed by atoms with Crippen molar-refractivity contribution in [2.75, 3.05) is 26.0 Å². The lowest BCUT2D eigenvalue weighted by atomic mass is 9.83. The number of rotatable bonds is 10. The van der Waals surface area contributed by atoms with E-state index in [1.807, 2.05) is 0 Å². The third-order valence-corrected chi connectivity index (χ3v) is 5.55. The van der Waals surface area contributed by atoms with Crippen LogP contribution >= 0.6 is 11.8 Å². The first kappa shape index (κ1) is 17.3. The molecule has 3 atom stereocenters. The molecule has 0 radical (unpaired) electrons. The number of hydrogen-bond donors (Lipinski definition) is 1. The minimum absolute atomic E-state index is 0.751. The molecule has 0 spiro atoms. The molecule has 3 heteroatoms. The second-order valence-corrected chi connectivity index (χ2v) is 7.13. The molecule has 0 heterocycles. The van der Waals surface area contributed by atoms with E-state index in [0.717, 1.165) is 23.8 Å². The van der Waals surface area contributed by atoms with Crippen molar-refractivity contribution in [2.24, 2.45) is 5.92 Å².